The summed E-state index contributed by atoms with van der Waals surface area (Å²) in [5.74, 6) is -0.774. The van der Waals surface area contributed by atoms with Crippen LogP contribution in [-0.2, 0) is 23.1 Å². The number of alkyl halides is 3. The molecule has 0 aliphatic carbocycles. The normalized spacial score (nSPS) is 12.2. The van der Waals surface area contributed by atoms with Crippen LogP contribution in [0.15, 0.2) is 48.5 Å². The Hall–Kier alpha value is -2.26. The molecule has 0 atom stereocenters. The number of sulfonamides is 1. The van der Waals surface area contributed by atoms with Crippen molar-refractivity contribution in [3.63, 3.8) is 0 Å². The number of methoxy groups -OCH3 is 2. The van der Waals surface area contributed by atoms with E-state index in [0.717, 1.165) is 4.31 Å². The molecule has 0 amide bonds. The number of nitrogens with zero attached hydrogens (tertiary/aromatic N) is 1. The van der Waals surface area contributed by atoms with Crippen molar-refractivity contribution in [1.82, 2.24) is 4.31 Å². The van der Waals surface area contributed by atoms with Gasteiger partial charge in [-0.05, 0) is 35.4 Å². The Morgan fingerprint density at radius 2 is 1.19 bits per heavy atom. The zero-order chi connectivity index (χ0) is 20.1. The molecule has 2 rings (SSSR count). The molecule has 148 valence electrons. The van der Waals surface area contributed by atoms with Crippen molar-refractivity contribution >= 4 is 10.0 Å². The zero-order valence-corrected chi connectivity index (χ0v) is 15.7. The van der Waals surface area contributed by atoms with Crippen molar-refractivity contribution in [2.45, 2.75) is 19.3 Å². The van der Waals surface area contributed by atoms with E-state index in [0.29, 0.717) is 22.6 Å². The largest absolute Gasteiger partial charge is 0.497 e. The molecule has 0 N–H and O–H groups in total. The van der Waals surface area contributed by atoms with E-state index in [-0.39, 0.29) is 13.1 Å². The third-order valence-corrected chi connectivity index (χ3v) is 5.51. The molecule has 0 radical (unpaired) electrons. The monoisotopic (exact) mass is 403 g/mol. The summed E-state index contributed by atoms with van der Waals surface area (Å²) in [4.78, 5) is 0. The standard InChI is InChI=1S/C18H20F3NO4S/c1-25-16-7-3-14(4-8-16)11-22(27(23,24)13-18(19,20)21)12-15-5-9-17(26-2)10-6-15/h3-10H,11-13H2,1-2H3. The van der Waals surface area contributed by atoms with Gasteiger partial charge in [0, 0.05) is 13.1 Å². The molecular weight excluding hydrogens is 383 g/mol. The summed E-state index contributed by atoms with van der Waals surface area (Å²) in [5, 5.41) is 0. The minimum Gasteiger partial charge on any atom is -0.497 e. The van der Waals surface area contributed by atoms with Crippen LogP contribution < -0.4 is 9.47 Å². The van der Waals surface area contributed by atoms with Crippen LogP contribution in [0.2, 0.25) is 0 Å². The second kappa shape index (κ2) is 8.62. The van der Waals surface area contributed by atoms with E-state index in [1.54, 1.807) is 48.5 Å². The number of ether oxygens (including phenoxy) is 2. The first kappa shape index (κ1) is 21.0. The maximum atomic E-state index is 12.7. The number of rotatable bonds is 8. The fourth-order valence-corrected chi connectivity index (χ4v) is 3.71. The van der Waals surface area contributed by atoms with Crippen molar-refractivity contribution in [3.8, 4) is 11.5 Å². The molecule has 2 aromatic carbocycles. The van der Waals surface area contributed by atoms with Crippen molar-refractivity contribution in [1.29, 1.82) is 0 Å². The van der Waals surface area contributed by atoms with Crippen molar-refractivity contribution < 1.29 is 31.1 Å². The van der Waals surface area contributed by atoms with Gasteiger partial charge in [-0.1, -0.05) is 24.3 Å². The van der Waals surface area contributed by atoms with Gasteiger partial charge in [0.1, 0.15) is 11.5 Å². The fourth-order valence-electron chi connectivity index (χ4n) is 2.42. The first-order valence-corrected chi connectivity index (χ1v) is 9.54. The summed E-state index contributed by atoms with van der Waals surface area (Å²) in [6, 6.07) is 12.9. The third-order valence-electron chi connectivity index (χ3n) is 3.78. The van der Waals surface area contributed by atoms with Crippen LogP contribution in [0, 0.1) is 0 Å². The summed E-state index contributed by atoms with van der Waals surface area (Å²) in [6.45, 7) is -0.372. The predicted octanol–water partition coefficient (Wildman–Crippen LogP) is 3.60. The molecule has 5 nitrogen and oxygen atoms in total. The van der Waals surface area contributed by atoms with Gasteiger partial charge in [0.25, 0.3) is 0 Å². The molecule has 0 aliphatic heterocycles. The maximum absolute atomic E-state index is 12.7. The molecule has 0 spiro atoms. The van der Waals surface area contributed by atoms with Crippen molar-refractivity contribution in [3.05, 3.63) is 59.7 Å². The molecule has 0 saturated heterocycles. The van der Waals surface area contributed by atoms with Crippen molar-refractivity contribution in [2.75, 3.05) is 20.0 Å². The van der Waals surface area contributed by atoms with Crippen LogP contribution >= 0.6 is 0 Å². The quantitative estimate of drug-likeness (QED) is 0.676. The van der Waals surface area contributed by atoms with E-state index in [2.05, 4.69) is 0 Å². The molecule has 0 heterocycles. The minimum atomic E-state index is -4.82. The van der Waals surface area contributed by atoms with E-state index in [4.69, 9.17) is 9.47 Å². The number of benzene rings is 2. The van der Waals surface area contributed by atoms with Crippen LogP contribution in [0.1, 0.15) is 11.1 Å². The highest BCUT2D eigenvalue weighted by Gasteiger charge is 2.38. The van der Waals surface area contributed by atoms with Crippen molar-refractivity contribution in [2.24, 2.45) is 0 Å². The summed E-state index contributed by atoms with van der Waals surface area (Å²) >= 11 is 0. The molecule has 0 aliphatic rings. The first-order valence-electron chi connectivity index (χ1n) is 7.93. The molecule has 0 aromatic heterocycles. The Labute approximate surface area is 156 Å². The summed E-state index contributed by atoms with van der Waals surface area (Å²) in [7, 11) is -1.59. The fraction of sp³-hybridized carbons (Fsp3) is 0.333. The van der Waals surface area contributed by atoms with Gasteiger partial charge in [-0.3, -0.25) is 0 Å². The Bertz CT molecular complexity index is 785. The Balaban J connectivity index is 2.28. The summed E-state index contributed by atoms with van der Waals surface area (Å²) in [6.07, 6.45) is -4.82. The van der Waals surface area contributed by atoms with Gasteiger partial charge in [-0.25, -0.2) is 8.42 Å². The average molecular weight is 403 g/mol. The van der Waals surface area contributed by atoms with Crippen LogP contribution in [0.5, 0.6) is 11.5 Å². The highest BCUT2D eigenvalue weighted by molar-refractivity contribution is 7.89. The molecule has 0 saturated carbocycles. The lowest BCUT2D eigenvalue weighted by atomic mass is 10.2. The molecular formula is C18H20F3NO4S. The molecule has 0 bridgehead atoms. The number of halogens is 3. The smallest absolute Gasteiger partial charge is 0.404 e. The topological polar surface area (TPSA) is 55.8 Å². The van der Waals surface area contributed by atoms with Crippen LogP contribution in [0.3, 0.4) is 0 Å². The van der Waals surface area contributed by atoms with Gasteiger partial charge in [-0.15, -0.1) is 0 Å². The van der Waals surface area contributed by atoms with Gasteiger partial charge in [-0.2, -0.15) is 17.5 Å². The lowest BCUT2D eigenvalue weighted by Crippen LogP contribution is -2.37. The Morgan fingerprint density at radius 1 is 0.815 bits per heavy atom. The van der Waals surface area contributed by atoms with E-state index >= 15 is 0 Å². The molecule has 0 unspecified atom stereocenters. The highest BCUT2D eigenvalue weighted by atomic mass is 32.2. The average Bonchev–Trinajstić information content (AvgIpc) is 2.60. The summed E-state index contributed by atoms with van der Waals surface area (Å²) in [5.41, 5.74) is 1.10. The lowest BCUT2D eigenvalue weighted by molar-refractivity contribution is -0.107. The Morgan fingerprint density at radius 3 is 1.48 bits per heavy atom. The number of hydrogen-bond acceptors (Lipinski definition) is 4. The van der Waals surface area contributed by atoms with Crippen LogP contribution in [0.25, 0.3) is 0 Å². The van der Waals surface area contributed by atoms with Gasteiger partial charge >= 0.3 is 6.18 Å². The van der Waals surface area contributed by atoms with Crippen LogP contribution in [-0.4, -0.2) is 38.9 Å². The minimum absolute atomic E-state index is 0.186. The zero-order valence-electron chi connectivity index (χ0n) is 14.9. The van der Waals surface area contributed by atoms with Gasteiger partial charge in [0.15, 0.2) is 5.75 Å². The second-order valence-corrected chi connectivity index (χ2v) is 7.80. The maximum Gasteiger partial charge on any atom is 0.404 e. The van der Waals surface area contributed by atoms with Gasteiger partial charge in [0.2, 0.25) is 10.0 Å². The lowest BCUT2D eigenvalue weighted by Gasteiger charge is -2.23. The van der Waals surface area contributed by atoms with Gasteiger partial charge < -0.3 is 9.47 Å². The SMILES string of the molecule is COc1ccc(CN(Cc2ccc(OC)cc2)S(=O)(=O)CC(F)(F)F)cc1. The summed E-state index contributed by atoms with van der Waals surface area (Å²) < 4.78 is 73.8. The van der Waals surface area contributed by atoms with Gasteiger partial charge in [0.05, 0.1) is 14.2 Å². The Kier molecular flexibility index (Phi) is 6.72. The molecule has 0 fully saturated rings. The molecule has 2 aromatic rings. The van der Waals surface area contributed by atoms with E-state index in [1.807, 2.05) is 0 Å². The molecule has 27 heavy (non-hydrogen) atoms. The van der Waals surface area contributed by atoms with Crippen LogP contribution in [0.4, 0.5) is 13.2 Å². The molecule has 9 heteroatoms. The van der Waals surface area contributed by atoms with E-state index in [9.17, 15) is 21.6 Å². The number of hydrogen-bond donors (Lipinski definition) is 0. The first-order chi connectivity index (χ1) is 12.6. The van der Waals surface area contributed by atoms with E-state index < -0.39 is 22.0 Å². The highest BCUT2D eigenvalue weighted by Crippen LogP contribution is 2.24. The second-order valence-electron chi connectivity index (χ2n) is 5.84. The third kappa shape index (κ3) is 6.44. The predicted molar refractivity (Wildman–Crippen MR) is 95.1 cm³/mol. The van der Waals surface area contributed by atoms with E-state index in [1.165, 1.54) is 14.2 Å².